The number of halogens is 3. The van der Waals surface area contributed by atoms with Crippen LogP contribution in [0.5, 0.6) is 0 Å². The molecule has 24 heavy (non-hydrogen) atoms. The van der Waals surface area contributed by atoms with Crippen LogP contribution in [0, 0.1) is 17.5 Å². The van der Waals surface area contributed by atoms with Gasteiger partial charge in [-0.15, -0.1) is 0 Å². The normalized spacial score (nSPS) is 10.1. The Balaban J connectivity index is 2.06. The summed E-state index contributed by atoms with van der Waals surface area (Å²) >= 11 is 0. The molecule has 0 aliphatic rings. The molecule has 2 aromatic rings. The zero-order valence-corrected chi connectivity index (χ0v) is 11.9. The quantitative estimate of drug-likeness (QED) is 0.588. The topological polar surface area (TPSA) is 101 Å². The van der Waals surface area contributed by atoms with Crippen LogP contribution in [0.15, 0.2) is 36.4 Å². The molecule has 0 saturated carbocycles. The highest BCUT2D eigenvalue weighted by Gasteiger charge is 2.19. The standard InChI is InChI=1S/C15H10F3N3O3/c16-9-5-6-10(12(18)11(9)17)21-15(24)14(23)20-8-3-1-7(2-4-8)13(19)22/h1-6H,(H2,19,22)(H,20,23)(H,21,24). The van der Waals surface area contributed by atoms with Gasteiger partial charge in [0.25, 0.3) is 0 Å². The first-order chi connectivity index (χ1) is 11.3. The molecule has 0 aromatic heterocycles. The Morgan fingerprint density at radius 2 is 1.38 bits per heavy atom. The maximum Gasteiger partial charge on any atom is 0.314 e. The molecule has 3 amide bonds. The zero-order chi connectivity index (χ0) is 17.9. The second-order valence-corrected chi connectivity index (χ2v) is 4.57. The van der Waals surface area contributed by atoms with Crippen LogP contribution < -0.4 is 16.4 Å². The molecule has 0 fully saturated rings. The van der Waals surface area contributed by atoms with Gasteiger partial charge in [-0.1, -0.05) is 0 Å². The molecule has 0 radical (unpaired) electrons. The third-order valence-electron chi connectivity index (χ3n) is 2.92. The van der Waals surface area contributed by atoms with Gasteiger partial charge in [-0.2, -0.15) is 0 Å². The maximum atomic E-state index is 13.4. The van der Waals surface area contributed by atoms with Crippen molar-refractivity contribution in [2.24, 2.45) is 5.73 Å². The van der Waals surface area contributed by atoms with E-state index in [1.807, 2.05) is 5.32 Å². The summed E-state index contributed by atoms with van der Waals surface area (Å²) in [5, 5.41) is 4.00. The third kappa shape index (κ3) is 3.69. The van der Waals surface area contributed by atoms with Crippen molar-refractivity contribution in [3.8, 4) is 0 Å². The lowest BCUT2D eigenvalue weighted by Gasteiger charge is -2.08. The summed E-state index contributed by atoms with van der Waals surface area (Å²) in [6.07, 6.45) is 0. The van der Waals surface area contributed by atoms with Crippen molar-refractivity contribution in [2.75, 3.05) is 10.6 Å². The second-order valence-electron chi connectivity index (χ2n) is 4.57. The van der Waals surface area contributed by atoms with E-state index < -0.39 is 40.9 Å². The van der Waals surface area contributed by atoms with Crippen molar-refractivity contribution >= 4 is 29.1 Å². The van der Waals surface area contributed by atoms with Gasteiger partial charge < -0.3 is 16.4 Å². The largest absolute Gasteiger partial charge is 0.366 e. The van der Waals surface area contributed by atoms with E-state index in [1.165, 1.54) is 24.3 Å². The van der Waals surface area contributed by atoms with Crippen LogP contribution in [0.1, 0.15) is 10.4 Å². The summed E-state index contributed by atoms with van der Waals surface area (Å²) in [5.74, 6) is -7.95. The summed E-state index contributed by atoms with van der Waals surface area (Å²) < 4.78 is 39.3. The number of carbonyl (C=O) groups excluding carboxylic acids is 3. The predicted octanol–water partition coefficient (Wildman–Crippen LogP) is 1.78. The minimum Gasteiger partial charge on any atom is -0.366 e. The van der Waals surface area contributed by atoms with Gasteiger partial charge in [-0.05, 0) is 36.4 Å². The predicted molar refractivity (Wildman–Crippen MR) is 78.5 cm³/mol. The molecule has 0 spiro atoms. The lowest BCUT2D eigenvalue weighted by Crippen LogP contribution is -2.29. The van der Waals surface area contributed by atoms with E-state index >= 15 is 0 Å². The average molecular weight is 337 g/mol. The van der Waals surface area contributed by atoms with E-state index in [1.54, 1.807) is 0 Å². The van der Waals surface area contributed by atoms with Crippen LogP contribution >= 0.6 is 0 Å². The molecule has 0 bridgehead atoms. The highest BCUT2D eigenvalue weighted by molar-refractivity contribution is 6.43. The minimum absolute atomic E-state index is 0.172. The van der Waals surface area contributed by atoms with Gasteiger partial charge in [0, 0.05) is 11.3 Å². The Morgan fingerprint density at radius 3 is 1.96 bits per heavy atom. The van der Waals surface area contributed by atoms with Crippen LogP contribution in [-0.2, 0) is 9.59 Å². The molecular weight excluding hydrogens is 327 g/mol. The number of amides is 3. The van der Waals surface area contributed by atoms with Gasteiger partial charge in [0.15, 0.2) is 17.5 Å². The summed E-state index contributed by atoms with van der Waals surface area (Å²) in [6, 6.07) is 6.68. The Bertz CT molecular complexity index is 823. The molecule has 2 rings (SSSR count). The number of anilines is 2. The van der Waals surface area contributed by atoms with E-state index in [2.05, 4.69) is 5.32 Å². The molecule has 0 saturated heterocycles. The van der Waals surface area contributed by atoms with E-state index in [4.69, 9.17) is 5.73 Å². The van der Waals surface area contributed by atoms with Gasteiger partial charge in [-0.25, -0.2) is 13.2 Å². The van der Waals surface area contributed by atoms with Crippen molar-refractivity contribution in [1.82, 2.24) is 0 Å². The highest BCUT2D eigenvalue weighted by Crippen LogP contribution is 2.19. The van der Waals surface area contributed by atoms with Crippen LogP contribution in [0.2, 0.25) is 0 Å². The van der Waals surface area contributed by atoms with Crippen LogP contribution in [0.4, 0.5) is 24.5 Å². The number of primary amides is 1. The molecule has 2 aromatic carbocycles. The van der Waals surface area contributed by atoms with Crippen LogP contribution in [0.25, 0.3) is 0 Å². The fourth-order valence-corrected chi connectivity index (χ4v) is 1.71. The number of hydrogen-bond donors (Lipinski definition) is 3. The van der Waals surface area contributed by atoms with Crippen molar-refractivity contribution in [3.05, 3.63) is 59.4 Å². The second kappa shape index (κ2) is 6.82. The van der Waals surface area contributed by atoms with Crippen molar-refractivity contribution in [2.45, 2.75) is 0 Å². The van der Waals surface area contributed by atoms with Gasteiger partial charge in [0.05, 0.1) is 5.69 Å². The fourth-order valence-electron chi connectivity index (χ4n) is 1.71. The Labute approximate surface area is 133 Å². The van der Waals surface area contributed by atoms with Gasteiger partial charge >= 0.3 is 11.8 Å². The van der Waals surface area contributed by atoms with E-state index in [9.17, 15) is 27.6 Å². The van der Waals surface area contributed by atoms with Crippen LogP contribution in [0.3, 0.4) is 0 Å². The first-order valence-electron chi connectivity index (χ1n) is 6.45. The molecule has 9 heteroatoms. The van der Waals surface area contributed by atoms with Gasteiger partial charge in [-0.3, -0.25) is 14.4 Å². The Kier molecular flexibility index (Phi) is 4.83. The van der Waals surface area contributed by atoms with E-state index in [0.717, 1.165) is 6.07 Å². The lowest BCUT2D eigenvalue weighted by molar-refractivity contribution is -0.133. The summed E-state index contributed by atoms with van der Waals surface area (Å²) in [7, 11) is 0. The van der Waals surface area contributed by atoms with Gasteiger partial charge in [0.1, 0.15) is 0 Å². The van der Waals surface area contributed by atoms with Gasteiger partial charge in [0.2, 0.25) is 5.91 Å². The molecular formula is C15H10F3N3O3. The number of benzene rings is 2. The SMILES string of the molecule is NC(=O)c1ccc(NC(=O)C(=O)Nc2ccc(F)c(F)c2F)cc1. The number of nitrogens with one attached hydrogen (secondary N) is 2. The maximum absolute atomic E-state index is 13.4. The fraction of sp³-hybridized carbons (Fsp3) is 0. The number of hydrogen-bond acceptors (Lipinski definition) is 3. The van der Waals surface area contributed by atoms with Crippen molar-refractivity contribution in [3.63, 3.8) is 0 Å². The third-order valence-corrected chi connectivity index (χ3v) is 2.92. The smallest absolute Gasteiger partial charge is 0.314 e. The number of rotatable bonds is 3. The monoisotopic (exact) mass is 337 g/mol. The molecule has 0 atom stereocenters. The van der Waals surface area contributed by atoms with Crippen LogP contribution in [-0.4, -0.2) is 17.7 Å². The molecule has 0 unspecified atom stereocenters. The number of carbonyl (C=O) groups is 3. The van der Waals surface area contributed by atoms with Crippen molar-refractivity contribution in [1.29, 1.82) is 0 Å². The molecule has 0 aliphatic carbocycles. The molecule has 4 N–H and O–H groups in total. The first-order valence-corrected chi connectivity index (χ1v) is 6.45. The molecule has 0 aliphatic heterocycles. The average Bonchev–Trinajstić information content (AvgIpc) is 2.55. The zero-order valence-electron chi connectivity index (χ0n) is 11.9. The van der Waals surface area contributed by atoms with E-state index in [0.29, 0.717) is 6.07 Å². The summed E-state index contributed by atoms with van der Waals surface area (Å²) in [5.41, 5.74) is 4.74. The molecule has 6 nitrogen and oxygen atoms in total. The first kappa shape index (κ1) is 17.0. The molecule has 0 heterocycles. The van der Waals surface area contributed by atoms with Crippen molar-refractivity contribution < 1.29 is 27.6 Å². The summed E-state index contributed by atoms with van der Waals surface area (Å²) in [4.78, 5) is 34.3. The Hall–Kier alpha value is -3.36. The lowest BCUT2D eigenvalue weighted by atomic mass is 10.2. The minimum atomic E-state index is -1.77. The highest BCUT2D eigenvalue weighted by atomic mass is 19.2. The summed E-state index contributed by atoms with van der Waals surface area (Å²) in [6.45, 7) is 0. The van der Waals surface area contributed by atoms with E-state index in [-0.39, 0.29) is 11.3 Å². The molecule has 124 valence electrons. The number of nitrogens with two attached hydrogens (primary N) is 1. The Morgan fingerprint density at radius 1 is 0.792 bits per heavy atom.